The van der Waals surface area contributed by atoms with Gasteiger partial charge in [0, 0.05) is 24.8 Å². The van der Waals surface area contributed by atoms with Gasteiger partial charge in [-0.1, -0.05) is 19.1 Å². The SMILES string of the molecule is CCNCCc1cn(CC(=O)Nc2cccc(C)c2)cn1. The first-order valence-electron chi connectivity index (χ1n) is 7.25. The van der Waals surface area contributed by atoms with E-state index in [1.54, 1.807) is 6.33 Å². The van der Waals surface area contributed by atoms with Crippen molar-refractivity contribution in [3.63, 3.8) is 0 Å². The third-order valence-corrected chi connectivity index (χ3v) is 3.12. The summed E-state index contributed by atoms with van der Waals surface area (Å²) < 4.78 is 1.81. The molecule has 1 aromatic carbocycles. The predicted octanol–water partition coefficient (Wildman–Crippen LogP) is 1.98. The first-order valence-corrected chi connectivity index (χ1v) is 7.25. The van der Waals surface area contributed by atoms with Gasteiger partial charge in [0.05, 0.1) is 12.0 Å². The lowest BCUT2D eigenvalue weighted by atomic mass is 10.2. The monoisotopic (exact) mass is 286 g/mol. The molecule has 1 heterocycles. The zero-order valence-corrected chi connectivity index (χ0v) is 12.6. The highest BCUT2D eigenvalue weighted by Crippen LogP contribution is 2.09. The van der Waals surface area contributed by atoms with Crippen molar-refractivity contribution in [3.8, 4) is 0 Å². The largest absolute Gasteiger partial charge is 0.328 e. The highest BCUT2D eigenvalue weighted by atomic mass is 16.1. The molecule has 2 rings (SSSR count). The summed E-state index contributed by atoms with van der Waals surface area (Å²) in [4.78, 5) is 16.3. The Kier molecular flexibility index (Phi) is 5.51. The molecule has 5 heteroatoms. The Morgan fingerprint density at radius 1 is 1.38 bits per heavy atom. The van der Waals surface area contributed by atoms with E-state index in [2.05, 4.69) is 22.5 Å². The van der Waals surface area contributed by atoms with Crippen LogP contribution in [0.2, 0.25) is 0 Å². The van der Waals surface area contributed by atoms with Gasteiger partial charge >= 0.3 is 0 Å². The van der Waals surface area contributed by atoms with Crippen molar-refractivity contribution in [2.75, 3.05) is 18.4 Å². The van der Waals surface area contributed by atoms with Gasteiger partial charge in [-0.05, 0) is 31.2 Å². The highest BCUT2D eigenvalue weighted by molar-refractivity contribution is 5.90. The van der Waals surface area contributed by atoms with Crippen LogP contribution in [0.1, 0.15) is 18.2 Å². The summed E-state index contributed by atoms with van der Waals surface area (Å²) >= 11 is 0. The molecule has 0 bridgehead atoms. The standard InChI is InChI=1S/C16H22N4O/c1-3-17-8-7-15-10-20(12-18-15)11-16(21)19-14-6-4-5-13(2)9-14/h4-6,9-10,12,17H,3,7-8,11H2,1-2H3,(H,19,21). The number of hydrogen-bond acceptors (Lipinski definition) is 3. The number of nitrogens with one attached hydrogen (secondary N) is 2. The van der Waals surface area contributed by atoms with Crippen molar-refractivity contribution in [1.29, 1.82) is 0 Å². The second kappa shape index (κ2) is 7.59. The van der Waals surface area contributed by atoms with Crippen LogP contribution in [0.5, 0.6) is 0 Å². The molecular weight excluding hydrogens is 264 g/mol. The van der Waals surface area contributed by atoms with Crippen molar-refractivity contribution in [3.05, 3.63) is 48.0 Å². The average Bonchev–Trinajstić information content (AvgIpc) is 2.86. The molecule has 0 saturated carbocycles. The molecule has 0 atom stereocenters. The van der Waals surface area contributed by atoms with Gasteiger partial charge in [-0.2, -0.15) is 0 Å². The summed E-state index contributed by atoms with van der Waals surface area (Å²) in [6, 6.07) is 7.78. The lowest BCUT2D eigenvalue weighted by Crippen LogP contribution is -2.18. The second-order valence-electron chi connectivity index (χ2n) is 5.06. The van der Waals surface area contributed by atoms with Gasteiger partial charge in [0.25, 0.3) is 0 Å². The van der Waals surface area contributed by atoms with Gasteiger partial charge in [-0.25, -0.2) is 4.98 Å². The number of aryl methyl sites for hydroxylation is 1. The summed E-state index contributed by atoms with van der Waals surface area (Å²) in [6.07, 6.45) is 4.50. The lowest BCUT2D eigenvalue weighted by molar-refractivity contribution is -0.116. The predicted molar refractivity (Wildman–Crippen MR) is 84.3 cm³/mol. The molecular formula is C16H22N4O. The number of anilines is 1. The summed E-state index contributed by atoms with van der Waals surface area (Å²) in [6.45, 7) is 6.22. The van der Waals surface area contributed by atoms with Crippen LogP contribution >= 0.6 is 0 Å². The van der Waals surface area contributed by atoms with Gasteiger partial charge in [-0.15, -0.1) is 0 Å². The minimum absolute atomic E-state index is 0.0452. The van der Waals surface area contributed by atoms with Crippen LogP contribution < -0.4 is 10.6 Å². The minimum Gasteiger partial charge on any atom is -0.328 e. The van der Waals surface area contributed by atoms with Crippen LogP contribution in [0.3, 0.4) is 0 Å². The van der Waals surface area contributed by atoms with E-state index in [0.717, 1.165) is 36.5 Å². The topological polar surface area (TPSA) is 59.0 Å². The molecule has 21 heavy (non-hydrogen) atoms. The maximum atomic E-state index is 12.0. The van der Waals surface area contributed by atoms with Gasteiger partial charge in [0.15, 0.2) is 0 Å². The summed E-state index contributed by atoms with van der Waals surface area (Å²) in [5.41, 5.74) is 2.95. The Hall–Kier alpha value is -2.14. The van der Waals surface area contributed by atoms with Crippen molar-refractivity contribution >= 4 is 11.6 Å². The molecule has 5 nitrogen and oxygen atoms in total. The second-order valence-corrected chi connectivity index (χ2v) is 5.06. The summed E-state index contributed by atoms with van der Waals surface area (Å²) in [7, 11) is 0. The number of rotatable bonds is 7. The van der Waals surface area contributed by atoms with Gasteiger partial charge < -0.3 is 15.2 Å². The van der Waals surface area contributed by atoms with Crippen LogP contribution in [0.25, 0.3) is 0 Å². The molecule has 0 unspecified atom stereocenters. The summed E-state index contributed by atoms with van der Waals surface area (Å²) in [5, 5.41) is 6.15. The molecule has 0 radical (unpaired) electrons. The van der Waals surface area contributed by atoms with Gasteiger partial charge in [-0.3, -0.25) is 4.79 Å². The van der Waals surface area contributed by atoms with E-state index in [4.69, 9.17) is 0 Å². The third-order valence-electron chi connectivity index (χ3n) is 3.12. The first-order chi connectivity index (χ1) is 10.2. The van der Waals surface area contributed by atoms with E-state index < -0.39 is 0 Å². The van der Waals surface area contributed by atoms with Crippen LogP contribution in [0.15, 0.2) is 36.8 Å². The molecule has 0 spiro atoms. The van der Waals surface area contributed by atoms with Gasteiger partial charge in [0.2, 0.25) is 5.91 Å². The Morgan fingerprint density at radius 3 is 3.00 bits per heavy atom. The van der Waals surface area contributed by atoms with E-state index in [-0.39, 0.29) is 12.5 Å². The number of amides is 1. The first kappa shape index (κ1) is 15.3. The number of likely N-dealkylation sites (N-methyl/N-ethyl adjacent to an activating group) is 1. The number of aromatic nitrogens is 2. The van der Waals surface area contributed by atoms with E-state index in [0.29, 0.717) is 0 Å². The molecule has 1 amide bonds. The zero-order valence-electron chi connectivity index (χ0n) is 12.6. The number of nitrogens with zero attached hydrogens (tertiary/aromatic N) is 2. The molecule has 0 fully saturated rings. The number of carbonyl (C=O) groups excluding carboxylic acids is 1. The van der Waals surface area contributed by atoms with E-state index in [1.165, 1.54) is 0 Å². The molecule has 0 aliphatic carbocycles. The van der Waals surface area contributed by atoms with Crippen molar-refractivity contribution in [1.82, 2.24) is 14.9 Å². The summed E-state index contributed by atoms with van der Waals surface area (Å²) in [5.74, 6) is -0.0452. The minimum atomic E-state index is -0.0452. The molecule has 0 aliphatic rings. The quantitative estimate of drug-likeness (QED) is 0.765. The van der Waals surface area contributed by atoms with Crippen LogP contribution in [0.4, 0.5) is 5.69 Å². The number of benzene rings is 1. The fraction of sp³-hybridized carbons (Fsp3) is 0.375. The highest BCUT2D eigenvalue weighted by Gasteiger charge is 2.05. The van der Waals surface area contributed by atoms with Crippen molar-refractivity contribution in [2.24, 2.45) is 0 Å². The lowest BCUT2D eigenvalue weighted by Gasteiger charge is -2.06. The average molecular weight is 286 g/mol. The van der Waals surface area contributed by atoms with E-state index >= 15 is 0 Å². The van der Waals surface area contributed by atoms with Crippen molar-refractivity contribution in [2.45, 2.75) is 26.8 Å². The van der Waals surface area contributed by atoms with E-state index in [9.17, 15) is 4.79 Å². The van der Waals surface area contributed by atoms with Crippen LogP contribution in [-0.2, 0) is 17.8 Å². The van der Waals surface area contributed by atoms with Gasteiger partial charge in [0.1, 0.15) is 6.54 Å². The zero-order chi connectivity index (χ0) is 15.1. The number of carbonyl (C=O) groups is 1. The fourth-order valence-corrected chi connectivity index (χ4v) is 2.10. The Bertz CT molecular complexity index is 591. The molecule has 0 aliphatic heterocycles. The molecule has 2 N–H and O–H groups in total. The molecule has 0 saturated heterocycles. The molecule has 1 aromatic heterocycles. The molecule has 112 valence electrons. The Balaban J connectivity index is 1.85. The molecule has 2 aromatic rings. The number of imidazole rings is 1. The Labute approximate surface area is 125 Å². The van der Waals surface area contributed by atoms with Crippen molar-refractivity contribution < 1.29 is 4.79 Å². The normalized spacial score (nSPS) is 10.6. The maximum absolute atomic E-state index is 12.0. The smallest absolute Gasteiger partial charge is 0.244 e. The maximum Gasteiger partial charge on any atom is 0.244 e. The van der Waals surface area contributed by atoms with Crippen LogP contribution in [-0.4, -0.2) is 28.5 Å². The fourth-order valence-electron chi connectivity index (χ4n) is 2.10. The third kappa shape index (κ3) is 5.04. The van der Waals surface area contributed by atoms with Crippen LogP contribution in [0, 0.1) is 6.92 Å². The van der Waals surface area contributed by atoms with E-state index in [1.807, 2.05) is 42.0 Å². The number of hydrogen-bond donors (Lipinski definition) is 2. The Morgan fingerprint density at radius 2 is 2.24 bits per heavy atom.